The van der Waals surface area contributed by atoms with Crippen LogP contribution < -0.4 is 11.1 Å². The Labute approximate surface area is 78.0 Å². The van der Waals surface area contributed by atoms with E-state index in [2.05, 4.69) is 10.3 Å². The first-order valence-corrected chi connectivity index (χ1v) is 4.23. The molecular formula is C8H17N3O2. The minimum absolute atomic E-state index is 0.485. The molecule has 0 aromatic rings. The van der Waals surface area contributed by atoms with Gasteiger partial charge in [0.15, 0.2) is 0 Å². The molecule has 0 saturated carbocycles. The van der Waals surface area contributed by atoms with Crippen LogP contribution >= 0.6 is 0 Å². The third-order valence-electron chi connectivity index (χ3n) is 1.73. The highest BCUT2D eigenvalue weighted by Crippen LogP contribution is 1.92. The summed E-state index contributed by atoms with van der Waals surface area (Å²) in [5.41, 5.74) is 5.31. The van der Waals surface area contributed by atoms with Gasteiger partial charge in [-0.25, -0.2) is 0 Å². The molecule has 0 bridgehead atoms. The first-order chi connectivity index (χ1) is 6.07. The van der Waals surface area contributed by atoms with Crippen LogP contribution in [0.15, 0.2) is 4.99 Å². The third kappa shape index (κ3) is 6.10. The Kier molecular flexibility index (Phi) is 5.88. The number of aliphatic carboxylic acids is 1. The molecule has 5 heteroatoms. The fraction of sp³-hybridized carbons (Fsp3) is 0.750. The van der Waals surface area contributed by atoms with Gasteiger partial charge < -0.3 is 16.2 Å². The number of rotatable bonds is 5. The van der Waals surface area contributed by atoms with Crippen molar-refractivity contribution in [1.29, 1.82) is 0 Å². The zero-order chi connectivity index (χ0) is 10.3. The highest BCUT2D eigenvalue weighted by atomic mass is 16.4. The zero-order valence-electron chi connectivity index (χ0n) is 8.08. The molecule has 13 heavy (non-hydrogen) atoms. The van der Waals surface area contributed by atoms with E-state index >= 15 is 0 Å². The van der Waals surface area contributed by atoms with Crippen LogP contribution in [0.5, 0.6) is 0 Å². The van der Waals surface area contributed by atoms with E-state index < -0.39 is 12.0 Å². The number of carboxylic acids is 1. The van der Waals surface area contributed by atoms with Gasteiger partial charge in [-0.15, -0.1) is 0 Å². The summed E-state index contributed by atoms with van der Waals surface area (Å²) in [7, 11) is 1.70. The lowest BCUT2D eigenvalue weighted by molar-refractivity contribution is -0.138. The molecule has 0 heterocycles. The molecule has 0 unspecified atom stereocenters. The van der Waals surface area contributed by atoms with E-state index in [0.29, 0.717) is 13.0 Å². The molecule has 0 amide bonds. The number of carboxylic acid groups (broad SMARTS) is 1. The molecular weight excluding hydrogens is 170 g/mol. The van der Waals surface area contributed by atoms with E-state index in [1.807, 2.05) is 6.92 Å². The van der Waals surface area contributed by atoms with E-state index in [1.165, 1.54) is 0 Å². The Morgan fingerprint density at radius 2 is 2.31 bits per heavy atom. The Balaban J connectivity index is 3.41. The average Bonchev–Trinajstić information content (AvgIpc) is 2.11. The molecule has 0 aliphatic carbocycles. The third-order valence-corrected chi connectivity index (χ3v) is 1.73. The lowest BCUT2D eigenvalue weighted by Crippen LogP contribution is -2.31. The number of aliphatic imine (C=N–C) groups is 1. The molecule has 0 spiro atoms. The van der Waals surface area contributed by atoms with Crippen molar-refractivity contribution in [3.8, 4) is 0 Å². The molecule has 5 nitrogen and oxygen atoms in total. The van der Waals surface area contributed by atoms with Crippen molar-refractivity contribution in [1.82, 2.24) is 5.32 Å². The SMILES string of the molecule is C/N=C(\C)NCCC[C@H](N)C(=O)O. The van der Waals surface area contributed by atoms with Gasteiger partial charge in [0, 0.05) is 13.6 Å². The van der Waals surface area contributed by atoms with Gasteiger partial charge in [-0.05, 0) is 19.8 Å². The predicted molar refractivity (Wildman–Crippen MR) is 51.9 cm³/mol. The van der Waals surface area contributed by atoms with E-state index in [0.717, 1.165) is 12.3 Å². The van der Waals surface area contributed by atoms with Crippen LogP contribution in [-0.2, 0) is 4.79 Å². The molecule has 0 aliphatic heterocycles. The second-order valence-electron chi connectivity index (χ2n) is 2.82. The standard InChI is InChI=1S/C8H17N3O2/c1-6(10-2)11-5-3-4-7(9)8(12)13/h7H,3-5,9H2,1-2H3,(H,10,11)(H,12,13)/t7-/m0/s1. The molecule has 0 rings (SSSR count). The second kappa shape index (κ2) is 6.42. The van der Waals surface area contributed by atoms with Crippen molar-refractivity contribution in [2.24, 2.45) is 10.7 Å². The molecule has 0 aromatic carbocycles. The summed E-state index contributed by atoms with van der Waals surface area (Å²) < 4.78 is 0. The van der Waals surface area contributed by atoms with Crippen LogP contribution in [0.4, 0.5) is 0 Å². The number of nitrogens with one attached hydrogen (secondary N) is 1. The van der Waals surface area contributed by atoms with Crippen molar-refractivity contribution < 1.29 is 9.90 Å². The van der Waals surface area contributed by atoms with Gasteiger partial charge in [-0.2, -0.15) is 0 Å². The van der Waals surface area contributed by atoms with Gasteiger partial charge >= 0.3 is 5.97 Å². The first kappa shape index (κ1) is 11.9. The van der Waals surface area contributed by atoms with Crippen LogP contribution in [-0.4, -0.2) is 36.5 Å². The van der Waals surface area contributed by atoms with Crippen LogP contribution in [0.2, 0.25) is 0 Å². The van der Waals surface area contributed by atoms with Crippen molar-refractivity contribution in [2.75, 3.05) is 13.6 Å². The van der Waals surface area contributed by atoms with E-state index in [1.54, 1.807) is 7.05 Å². The molecule has 0 fully saturated rings. The van der Waals surface area contributed by atoms with Crippen molar-refractivity contribution in [3.63, 3.8) is 0 Å². The number of amidine groups is 1. The molecule has 4 N–H and O–H groups in total. The first-order valence-electron chi connectivity index (χ1n) is 4.23. The lowest BCUT2D eigenvalue weighted by atomic mass is 10.2. The van der Waals surface area contributed by atoms with Gasteiger partial charge in [0.2, 0.25) is 0 Å². The Bertz CT molecular complexity index is 192. The highest BCUT2D eigenvalue weighted by Gasteiger charge is 2.09. The number of nitrogens with zero attached hydrogens (tertiary/aromatic N) is 1. The summed E-state index contributed by atoms with van der Waals surface area (Å²) in [5.74, 6) is -0.0928. The summed E-state index contributed by atoms with van der Waals surface area (Å²) in [6, 6.07) is -0.749. The lowest BCUT2D eigenvalue weighted by Gasteiger charge is -2.07. The van der Waals surface area contributed by atoms with Gasteiger partial charge in [-0.1, -0.05) is 0 Å². The van der Waals surface area contributed by atoms with Crippen molar-refractivity contribution in [3.05, 3.63) is 0 Å². The van der Waals surface area contributed by atoms with Crippen LogP contribution in [0.25, 0.3) is 0 Å². The zero-order valence-corrected chi connectivity index (χ0v) is 8.08. The summed E-state index contributed by atoms with van der Waals surface area (Å²) in [6.07, 6.45) is 1.22. The summed E-state index contributed by atoms with van der Waals surface area (Å²) in [6.45, 7) is 2.57. The number of nitrogens with two attached hydrogens (primary N) is 1. The molecule has 0 aromatic heterocycles. The normalized spacial score (nSPS) is 13.9. The largest absolute Gasteiger partial charge is 0.480 e. The van der Waals surface area contributed by atoms with Crippen LogP contribution in [0.3, 0.4) is 0 Å². The van der Waals surface area contributed by atoms with E-state index in [-0.39, 0.29) is 0 Å². The monoisotopic (exact) mass is 187 g/mol. The molecule has 76 valence electrons. The summed E-state index contributed by atoms with van der Waals surface area (Å²) in [4.78, 5) is 14.2. The fourth-order valence-electron chi connectivity index (χ4n) is 0.794. The maximum atomic E-state index is 10.3. The molecule has 0 saturated heterocycles. The second-order valence-corrected chi connectivity index (χ2v) is 2.82. The van der Waals surface area contributed by atoms with E-state index in [9.17, 15) is 4.79 Å². The highest BCUT2D eigenvalue weighted by molar-refractivity contribution is 5.79. The van der Waals surface area contributed by atoms with Gasteiger partial charge in [0.1, 0.15) is 6.04 Å². The number of hydrogen-bond acceptors (Lipinski definition) is 3. The average molecular weight is 187 g/mol. The topological polar surface area (TPSA) is 87.7 Å². The summed E-state index contributed by atoms with van der Waals surface area (Å²) in [5, 5.41) is 11.5. The van der Waals surface area contributed by atoms with Gasteiger partial charge in [0.25, 0.3) is 0 Å². The predicted octanol–water partition coefficient (Wildman–Crippen LogP) is -0.184. The number of carbonyl (C=O) groups is 1. The minimum atomic E-state index is -0.944. The fourth-order valence-corrected chi connectivity index (χ4v) is 0.794. The smallest absolute Gasteiger partial charge is 0.320 e. The van der Waals surface area contributed by atoms with Crippen molar-refractivity contribution >= 4 is 11.8 Å². The van der Waals surface area contributed by atoms with Gasteiger partial charge in [-0.3, -0.25) is 9.79 Å². The Morgan fingerprint density at radius 3 is 2.77 bits per heavy atom. The minimum Gasteiger partial charge on any atom is -0.480 e. The number of hydrogen-bond donors (Lipinski definition) is 3. The maximum Gasteiger partial charge on any atom is 0.320 e. The Hall–Kier alpha value is -1.10. The summed E-state index contributed by atoms with van der Waals surface area (Å²) >= 11 is 0. The molecule has 1 atom stereocenters. The van der Waals surface area contributed by atoms with Crippen LogP contribution in [0.1, 0.15) is 19.8 Å². The van der Waals surface area contributed by atoms with E-state index in [4.69, 9.17) is 10.8 Å². The quantitative estimate of drug-likeness (QED) is 0.316. The molecule has 0 aliphatic rings. The Morgan fingerprint density at radius 1 is 1.69 bits per heavy atom. The van der Waals surface area contributed by atoms with Crippen molar-refractivity contribution in [2.45, 2.75) is 25.8 Å². The van der Waals surface area contributed by atoms with Gasteiger partial charge in [0.05, 0.1) is 5.84 Å². The molecule has 0 radical (unpaired) electrons. The van der Waals surface area contributed by atoms with Crippen LogP contribution in [0, 0.1) is 0 Å². The maximum absolute atomic E-state index is 10.3.